The Balaban J connectivity index is 1.66. The fourth-order valence-electron chi connectivity index (χ4n) is 4.24. The van der Waals surface area contributed by atoms with Crippen LogP contribution in [0.1, 0.15) is 31.9 Å². The zero-order valence-corrected chi connectivity index (χ0v) is 20.9. The number of rotatable bonds is 3. The minimum atomic E-state index is -4.53. The number of benzene rings is 1. The molecule has 8 nitrogen and oxygen atoms in total. The molecule has 1 aromatic heterocycles. The predicted octanol–water partition coefficient (Wildman–Crippen LogP) is 4.26. The maximum atomic E-state index is 14.6. The summed E-state index contributed by atoms with van der Waals surface area (Å²) in [4.78, 5) is 46.8. The number of ether oxygens (including phenoxy) is 1. The van der Waals surface area contributed by atoms with E-state index in [2.05, 4.69) is 4.98 Å². The van der Waals surface area contributed by atoms with Crippen LogP contribution in [-0.4, -0.2) is 63.5 Å². The molecular weight excluding hydrogens is 520 g/mol. The van der Waals surface area contributed by atoms with Crippen molar-refractivity contribution >= 4 is 35.3 Å². The van der Waals surface area contributed by atoms with Gasteiger partial charge in [0.25, 0.3) is 5.91 Å². The minimum absolute atomic E-state index is 0.00424. The van der Waals surface area contributed by atoms with E-state index in [0.717, 1.165) is 29.3 Å². The topological polar surface area (TPSA) is 83.0 Å². The summed E-state index contributed by atoms with van der Waals surface area (Å²) in [6, 6.07) is 5.14. The molecule has 2 aliphatic heterocycles. The van der Waals surface area contributed by atoms with Crippen molar-refractivity contribution in [2.75, 3.05) is 24.5 Å². The van der Waals surface area contributed by atoms with E-state index in [1.165, 1.54) is 21.9 Å². The molecule has 3 amide bonds. The molecule has 1 aromatic carbocycles. The van der Waals surface area contributed by atoms with E-state index in [-0.39, 0.29) is 24.7 Å². The predicted molar refractivity (Wildman–Crippen MR) is 124 cm³/mol. The van der Waals surface area contributed by atoms with Crippen LogP contribution < -0.4 is 4.90 Å². The number of pyridine rings is 1. The lowest BCUT2D eigenvalue weighted by Crippen LogP contribution is -2.81. The van der Waals surface area contributed by atoms with Crippen molar-refractivity contribution in [3.63, 3.8) is 0 Å². The van der Waals surface area contributed by atoms with Crippen molar-refractivity contribution in [3.8, 4) is 0 Å². The highest BCUT2D eigenvalue weighted by molar-refractivity contribution is 6.30. The Kier molecular flexibility index (Phi) is 6.60. The zero-order chi connectivity index (χ0) is 27.3. The van der Waals surface area contributed by atoms with Crippen LogP contribution in [-0.2, 0) is 27.0 Å². The van der Waals surface area contributed by atoms with Gasteiger partial charge in [-0.3, -0.25) is 14.5 Å². The van der Waals surface area contributed by atoms with Crippen molar-refractivity contribution in [2.24, 2.45) is 0 Å². The number of halogens is 5. The molecule has 2 aromatic rings. The van der Waals surface area contributed by atoms with Gasteiger partial charge in [-0.2, -0.15) is 13.2 Å². The highest BCUT2D eigenvalue weighted by Gasteiger charge is 2.61. The van der Waals surface area contributed by atoms with E-state index < -0.39 is 59.0 Å². The second-order valence-corrected chi connectivity index (χ2v) is 10.3. The normalized spacial score (nSPS) is 17.8. The van der Waals surface area contributed by atoms with Crippen molar-refractivity contribution in [1.29, 1.82) is 0 Å². The molecule has 0 atom stereocenters. The Morgan fingerprint density at radius 1 is 1.14 bits per heavy atom. The van der Waals surface area contributed by atoms with Crippen molar-refractivity contribution < 1.29 is 36.7 Å². The molecule has 1 spiro atoms. The number of hydrogen-bond donors (Lipinski definition) is 0. The van der Waals surface area contributed by atoms with Gasteiger partial charge in [0.15, 0.2) is 17.2 Å². The monoisotopic (exact) mass is 542 g/mol. The zero-order valence-electron chi connectivity index (χ0n) is 20.1. The SMILES string of the molecule is CC(C)(C)OC(=O)N1CC2(C1)C(=O)N(c1ncc(Cl)cc1F)CC(=O)N2Cc1ccc(C(F)(F)F)cc1. The highest BCUT2D eigenvalue weighted by atomic mass is 35.5. The Morgan fingerprint density at radius 3 is 2.30 bits per heavy atom. The summed E-state index contributed by atoms with van der Waals surface area (Å²) in [7, 11) is 0. The van der Waals surface area contributed by atoms with Crippen LogP contribution in [0.2, 0.25) is 5.02 Å². The molecule has 13 heteroatoms. The van der Waals surface area contributed by atoms with Crippen molar-refractivity contribution in [2.45, 2.75) is 44.6 Å². The van der Waals surface area contributed by atoms with E-state index in [0.29, 0.717) is 5.56 Å². The molecule has 0 aliphatic carbocycles. The Bertz CT molecular complexity index is 1240. The second kappa shape index (κ2) is 9.16. The second-order valence-electron chi connectivity index (χ2n) is 9.89. The fraction of sp³-hybridized carbons (Fsp3) is 0.417. The van der Waals surface area contributed by atoms with Crippen LogP contribution in [0.15, 0.2) is 36.5 Å². The summed E-state index contributed by atoms with van der Waals surface area (Å²) in [5.41, 5.74) is -2.92. The largest absolute Gasteiger partial charge is 0.444 e. The average Bonchev–Trinajstić information content (AvgIpc) is 2.74. The highest BCUT2D eigenvalue weighted by Crippen LogP contribution is 2.38. The molecular formula is C24H23ClF4N4O4. The number of nitrogens with zero attached hydrogens (tertiary/aromatic N) is 4. The number of amides is 3. The number of aromatic nitrogens is 1. The summed E-state index contributed by atoms with van der Waals surface area (Å²) in [6.45, 7) is 3.75. The molecule has 0 N–H and O–H groups in total. The lowest BCUT2D eigenvalue weighted by atomic mass is 9.83. The van der Waals surface area contributed by atoms with Gasteiger partial charge in [-0.05, 0) is 44.5 Å². The van der Waals surface area contributed by atoms with Gasteiger partial charge in [-0.25, -0.2) is 14.2 Å². The standard InChI is InChI=1S/C24H23ClF4N4O4/c1-22(2,3)37-21(36)31-12-23(13-31)20(35)32(19-17(26)8-16(25)9-30-19)11-18(34)33(23)10-14-4-6-15(7-5-14)24(27,28)29/h4-9H,10-13H2,1-3H3. The summed E-state index contributed by atoms with van der Waals surface area (Å²) in [5.74, 6) is -2.60. The number of hydrogen-bond acceptors (Lipinski definition) is 5. The van der Waals surface area contributed by atoms with Crippen LogP contribution in [0.25, 0.3) is 0 Å². The van der Waals surface area contributed by atoms with Gasteiger partial charge in [0.05, 0.1) is 23.7 Å². The van der Waals surface area contributed by atoms with Crippen LogP contribution in [0.3, 0.4) is 0 Å². The number of carbonyl (C=O) groups is 3. The molecule has 4 rings (SSSR count). The fourth-order valence-corrected chi connectivity index (χ4v) is 4.39. The molecule has 0 bridgehead atoms. The van der Waals surface area contributed by atoms with Gasteiger partial charge < -0.3 is 14.5 Å². The Hall–Kier alpha value is -3.41. The average molecular weight is 543 g/mol. The first-order valence-corrected chi connectivity index (χ1v) is 11.6. The van der Waals surface area contributed by atoms with Crippen LogP contribution in [0.4, 0.5) is 28.2 Å². The Labute approximate surface area is 214 Å². The van der Waals surface area contributed by atoms with Gasteiger partial charge in [0.1, 0.15) is 12.1 Å². The number of carbonyl (C=O) groups excluding carboxylic acids is 3. The van der Waals surface area contributed by atoms with Crippen molar-refractivity contribution in [3.05, 3.63) is 58.5 Å². The van der Waals surface area contributed by atoms with Gasteiger partial charge in [-0.15, -0.1) is 0 Å². The van der Waals surface area contributed by atoms with Crippen LogP contribution in [0, 0.1) is 5.82 Å². The van der Waals surface area contributed by atoms with Crippen LogP contribution >= 0.6 is 11.6 Å². The molecule has 2 saturated heterocycles. The molecule has 37 heavy (non-hydrogen) atoms. The molecule has 0 saturated carbocycles. The number of anilines is 1. The van der Waals surface area contributed by atoms with Crippen LogP contribution in [0.5, 0.6) is 0 Å². The quantitative estimate of drug-likeness (QED) is 0.541. The first-order chi connectivity index (χ1) is 17.1. The summed E-state index contributed by atoms with van der Waals surface area (Å²) < 4.78 is 58.9. The summed E-state index contributed by atoms with van der Waals surface area (Å²) in [6.07, 6.45) is -4.11. The third-order valence-corrected chi connectivity index (χ3v) is 6.18. The molecule has 0 radical (unpaired) electrons. The third kappa shape index (κ3) is 5.20. The van der Waals surface area contributed by atoms with Gasteiger partial charge in [0.2, 0.25) is 5.91 Å². The summed E-state index contributed by atoms with van der Waals surface area (Å²) in [5, 5.41) is -0.00424. The maximum Gasteiger partial charge on any atom is 0.416 e. The number of piperazine rings is 1. The van der Waals surface area contributed by atoms with E-state index >= 15 is 0 Å². The van der Waals surface area contributed by atoms with E-state index in [1.54, 1.807) is 20.8 Å². The molecule has 3 heterocycles. The summed E-state index contributed by atoms with van der Waals surface area (Å²) >= 11 is 5.77. The first kappa shape index (κ1) is 26.6. The molecule has 2 aliphatic rings. The van der Waals surface area contributed by atoms with Gasteiger partial charge >= 0.3 is 12.3 Å². The number of alkyl halides is 3. The minimum Gasteiger partial charge on any atom is -0.444 e. The molecule has 0 unspecified atom stereocenters. The van der Waals surface area contributed by atoms with Crippen molar-refractivity contribution in [1.82, 2.24) is 14.8 Å². The van der Waals surface area contributed by atoms with E-state index in [4.69, 9.17) is 16.3 Å². The smallest absolute Gasteiger partial charge is 0.416 e. The maximum absolute atomic E-state index is 14.6. The van der Waals surface area contributed by atoms with E-state index in [9.17, 15) is 31.9 Å². The third-order valence-electron chi connectivity index (χ3n) is 5.98. The van der Waals surface area contributed by atoms with E-state index in [1.807, 2.05) is 0 Å². The van der Waals surface area contributed by atoms with Gasteiger partial charge in [0, 0.05) is 12.7 Å². The molecule has 198 valence electrons. The number of likely N-dealkylation sites (tertiary alicyclic amines) is 1. The lowest BCUT2D eigenvalue weighted by Gasteiger charge is -2.57. The van der Waals surface area contributed by atoms with Gasteiger partial charge in [-0.1, -0.05) is 23.7 Å². The lowest BCUT2D eigenvalue weighted by molar-refractivity contribution is -0.163. The molecule has 2 fully saturated rings. The first-order valence-electron chi connectivity index (χ1n) is 11.2. The Morgan fingerprint density at radius 2 is 1.76 bits per heavy atom.